The topological polar surface area (TPSA) is 81.8 Å². The fourth-order valence-corrected chi connectivity index (χ4v) is 0. The van der Waals surface area contributed by atoms with Crippen molar-refractivity contribution in [3.63, 3.8) is 0 Å². The molecule has 0 aliphatic carbocycles. The van der Waals surface area contributed by atoms with E-state index in [0.717, 1.165) is 12.2 Å². The monoisotopic (exact) mass is 156 g/mol. The van der Waals surface area contributed by atoms with E-state index in [1.54, 1.807) is 0 Å². The van der Waals surface area contributed by atoms with Crippen LogP contribution in [-0.2, 0) is 9.59 Å². The van der Waals surface area contributed by atoms with E-state index in [4.69, 9.17) is 20.4 Å². The van der Waals surface area contributed by atoms with Gasteiger partial charge < -0.3 is 0 Å². The van der Waals surface area contributed by atoms with Gasteiger partial charge in [-0.25, -0.2) is 20.4 Å². The van der Waals surface area contributed by atoms with Crippen LogP contribution < -0.4 is 0 Å². The van der Waals surface area contributed by atoms with Crippen molar-refractivity contribution in [3.05, 3.63) is 11.6 Å². The number of isocyanates is 2. The minimum absolute atomic E-state index is 0.750. The maximum absolute atomic E-state index is 8.35. The second kappa shape index (κ2) is 23.6. The Balaban J connectivity index is -0.0000000933. The number of rotatable bonds is 0. The smallest absolute Gasteiger partial charge is 0.222 e. The summed E-state index contributed by atoms with van der Waals surface area (Å²) in [6.07, 6.45) is 3.58. The van der Waals surface area contributed by atoms with Gasteiger partial charge >= 0.3 is 0 Å². The molecule has 0 radical (unpaired) electrons. The minimum Gasteiger partial charge on any atom is -0.222 e. The van der Waals surface area contributed by atoms with Crippen LogP contribution in [0.2, 0.25) is 0 Å². The summed E-state index contributed by atoms with van der Waals surface area (Å²) in [4.78, 5) is 16.7. The van der Waals surface area contributed by atoms with Gasteiger partial charge in [0.2, 0.25) is 12.2 Å². The predicted octanol–water partition coefficient (Wildman–Crippen LogP) is 1.77. The molecule has 2 N–H and O–H groups in total. The average molecular weight is 156 g/mol. The summed E-state index contributed by atoms with van der Waals surface area (Å²) >= 11 is 0. The summed E-state index contributed by atoms with van der Waals surface area (Å²) in [7, 11) is 0. The molecule has 0 aliphatic rings. The SMILES string of the molecule is CC=C(C)C.N=C=O.N=C=O. The van der Waals surface area contributed by atoms with Crippen molar-refractivity contribution in [1.82, 2.24) is 0 Å². The summed E-state index contributed by atoms with van der Waals surface area (Å²) in [6.45, 7) is 6.20. The number of nitrogens with one attached hydrogen (secondary N) is 2. The Labute approximate surface area is 65.9 Å². The van der Waals surface area contributed by atoms with Gasteiger partial charge in [0.05, 0.1) is 0 Å². The van der Waals surface area contributed by atoms with Crippen molar-refractivity contribution in [2.24, 2.45) is 0 Å². The highest BCUT2D eigenvalue weighted by molar-refractivity contribution is 5.26. The van der Waals surface area contributed by atoms with Crippen LogP contribution in [0.5, 0.6) is 0 Å². The lowest BCUT2D eigenvalue weighted by Crippen LogP contribution is -1.52. The second-order valence-corrected chi connectivity index (χ2v) is 1.57. The van der Waals surface area contributed by atoms with Crippen LogP contribution in [0.4, 0.5) is 0 Å². The van der Waals surface area contributed by atoms with Gasteiger partial charge in [0.25, 0.3) is 0 Å². The highest BCUT2D eigenvalue weighted by atomic mass is 16.1. The van der Waals surface area contributed by atoms with Gasteiger partial charge in [0.15, 0.2) is 0 Å². The number of carbonyl (C=O) groups excluding carboxylic acids is 2. The first-order valence-electron chi connectivity index (χ1n) is 2.77. The molecule has 4 heteroatoms. The van der Waals surface area contributed by atoms with Gasteiger partial charge in [0.1, 0.15) is 0 Å². The molecule has 0 unspecified atom stereocenters. The lowest BCUT2D eigenvalue weighted by atomic mass is 10.3. The van der Waals surface area contributed by atoms with Crippen LogP contribution in [0.3, 0.4) is 0 Å². The highest BCUT2D eigenvalue weighted by Gasteiger charge is 1.60. The molecule has 0 heterocycles. The van der Waals surface area contributed by atoms with Crippen LogP contribution in [0.25, 0.3) is 0 Å². The zero-order valence-corrected chi connectivity index (χ0v) is 6.89. The van der Waals surface area contributed by atoms with Crippen molar-refractivity contribution < 1.29 is 9.59 Å². The van der Waals surface area contributed by atoms with Gasteiger partial charge in [-0.1, -0.05) is 11.6 Å². The van der Waals surface area contributed by atoms with Crippen molar-refractivity contribution in [2.45, 2.75) is 20.8 Å². The van der Waals surface area contributed by atoms with Crippen molar-refractivity contribution >= 4 is 12.2 Å². The first-order chi connectivity index (χ1) is 5.10. The van der Waals surface area contributed by atoms with Gasteiger partial charge in [-0.3, -0.25) is 0 Å². The third-order valence-corrected chi connectivity index (χ3v) is 0.577. The lowest BCUT2D eigenvalue weighted by Gasteiger charge is -1.74. The maximum Gasteiger partial charge on any atom is 0.231 e. The van der Waals surface area contributed by atoms with E-state index in [-0.39, 0.29) is 0 Å². The van der Waals surface area contributed by atoms with Crippen molar-refractivity contribution in [3.8, 4) is 0 Å². The normalized spacial score (nSPS) is 4.64. The molecule has 0 saturated carbocycles. The lowest BCUT2D eigenvalue weighted by molar-refractivity contribution is 0.562. The molecule has 62 valence electrons. The van der Waals surface area contributed by atoms with E-state index in [9.17, 15) is 0 Å². The standard InChI is InChI=1S/C5H10.2CHNO/c1-4-5(2)3;2*2-1-3/h4H,1-3H3;2*2H. The average Bonchev–Trinajstić information content (AvgIpc) is 1.91. The van der Waals surface area contributed by atoms with Crippen LogP contribution in [0.15, 0.2) is 11.6 Å². The maximum atomic E-state index is 8.35. The van der Waals surface area contributed by atoms with Crippen LogP contribution in [0, 0.1) is 10.8 Å². The summed E-state index contributed by atoms with van der Waals surface area (Å²) in [5.74, 6) is 0. The molecule has 0 atom stereocenters. The number of allylic oxidation sites excluding steroid dienone is 2. The molecule has 0 spiro atoms. The predicted molar refractivity (Wildman–Crippen MR) is 41.9 cm³/mol. The first-order valence-corrected chi connectivity index (χ1v) is 2.77. The zero-order chi connectivity index (χ0) is 9.70. The van der Waals surface area contributed by atoms with Gasteiger partial charge in [-0.05, 0) is 20.8 Å². The Morgan fingerprint density at radius 1 is 1.18 bits per heavy atom. The molecule has 0 saturated heterocycles. The highest BCUT2D eigenvalue weighted by Crippen LogP contribution is 1.82. The molecule has 11 heavy (non-hydrogen) atoms. The molecule has 4 nitrogen and oxygen atoms in total. The summed E-state index contributed by atoms with van der Waals surface area (Å²) < 4.78 is 0. The third-order valence-electron chi connectivity index (χ3n) is 0.577. The Morgan fingerprint density at radius 2 is 1.27 bits per heavy atom. The van der Waals surface area contributed by atoms with Crippen LogP contribution in [0.1, 0.15) is 20.8 Å². The summed E-state index contributed by atoms with van der Waals surface area (Å²) in [5, 5.41) is 10.8. The van der Waals surface area contributed by atoms with Gasteiger partial charge in [-0.15, -0.1) is 0 Å². The van der Waals surface area contributed by atoms with E-state index in [2.05, 4.69) is 19.9 Å². The summed E-state index contributed by atoms with van der Waals surface area (Å²) in [6, 6.07) is 0. The Hall–Kier alpha value is -1.50. The third kappa shape index (κ3) is 1440. The zero-order valence-electron chi connectivity index (χ0n) is 6.89. The molecular formula is C7H12N2O2. The Morgan fingerprint density at radius 3 is 1.27 bits per heavy atom. The number of hydrogen-bond acceptors (Lipinski definition) is 4. The van der Waals surface area contributed by atoms with Gasteiger partial charge in [-0.2, -0.15) is 0 Å². The largest absolute Gasteiger partial charge is 0.231 e. The molecule has 0 rings (SSSR count). The fraction of sp³-hybridized carbons (Fsp3) is 0.429. The van der Waals surface area contributed by atoms with E-state index in [1.807, 2.05) is 6.92 Å². The Kier molecular flexibility index (Phi) is 34.9. The molecule has 0 bridgehead atoms. The van der Waals surface area contributed by atoms with Crippen LogP contribution >= 0.6 is 0 Å². The van der Waals surface area contributed by atoms with E-state index in [0.29, 0.717) is 0 Å². The van der Waals surface area contributed by atoms with E-state index >= 15 is 0 Å². The van der Waals surface area contributed by atoms with Crippen LogP contribution in [-0.4, -0.2) is 12.2 Å². The molecule has 0 aromatic rings. The second-order valence-electron chi connectivity index (χ2n) is 1.57. The Bertz CT molecular complexity index is 145. The quantitative estimate of drug-likeness (QED) is 0.318. The molecule has 0 aromatic heterocycles. The first kappa shape index (κ1) is 16.2. The molecule has 0 amide bonds. The van der Waals surface area contributed by atoms with E-state index < -0.39 is 0 Å². The van der Waals surface area contributed by atoms with Crippen molar-refractivity contribution in [2.75, 3.05) is 0 Å². The fourth-order valence-electron chi connectivity index (χ4n) is 0. The molecule has 0 aromatic carbocycles. The molecular weight excluding hydrogens is 144 g/mol. The number of hydrogen-bond donors (Lipinski definition) is 2. The van der Waals surface area contributed by atoms with Gasteiger partial charge in [0, 0.05) is 0 Å². The minimum atomic E-state index is 0.750. The van der Waals surface area contributed by atoms with E-state index in [1.165, 1.54) is 5.57 Å². The summed E-state index contributed by atoms with van der Waals surface area (Å²) in [5.41, 5.74) is 1.38. The molecule has 0 aliphatic heterocycles. The molecule has 0 fully saturated rings. The van der Waals surface area contributed by atoms with Crippen molar-refractivity contribution in [1.29, 1.82) is 10.8 Å².